The summed E-state index contributed by atoms with van der Waals surface area (Å²) in [5.41, 5.74) is 1.59. The van der Waals surface area contributed by atoms with Crippen molar-refractivity contribution in [3.63, 3.8) is 0 Å². The van der Waals surface area contributed by atoms with Crippen molar-refractivity contribution in [1.82, 2.24) is 5.32 Å². The lowest BCUT2D eigenvalue weighted by Crippen LogP contribution is -2.26. The molecule has 0 saturated heterocycles. The van der Waals surface area contributed by atoms with Crippen LogP contribution in [0.3, 0.4) is 0 Å². The van der Waals surface area contributed by atoms with E-state index in [1.807, 2.05) is 26.0 Å². The Balaban J connectivity index is 1.82. The fourth-order valence-corrected chi connectivity index (χ4v) is 2.27. The van der Waals surface area contributed by atoms with Crippen LogP contribution in [-0.4, -0.2) is 30.1 Å². The maximum Gasteiger partial charge on any atom is 0.341 e. The average Bonchev–Trinajstić information content (AvgIpc) is 3.04. The summed E-state index contributed by atoms with van der Waals surface area (Å²) in [6, 6.07) is 8.81. The molecule has 1 heterocycles. The quantitative estimate of drug-likeness (QED) is 0.776. The first-order chi connectivity index (χ1) is 11.5. The molecule has 0 spiro atoms. The first kappa shape index (κ1) is 17.6. The fourth-order valence-electron chi connectivity index (χ4n) is 2.27. The van der Waals surface area contributed by atoms with Crippen molar-refractivity contribution in [1.29, 1.82) is 0 Å². The second kappa shape index (κ2) is 8.19. The number of carbonyl (C=O) groups is 2. The van der Waals surface area contributed by atoms with Crippen LogP contribution in [0.15, 0.2) is 41.0 Å². The third-order valence-electron chi connectivity index (χ3n) is 3.45. The smallest absolute Gasteiger partial charge is 0.341 e. The number of benzene rings is 1. The second-order valence-electron chi connectivity index (χ2n) is 5.69. The van der Waals surface area contributed by atoms with Crippen LogP contribution in [0.1, 0.15) is 41.4 Å². The Labute approximate surface area is 140 Å². The molecular formula is C18H21NO5. The Morgan fingerprint density at radius 2 is 1.92 bits per heavy atom. The van der Waals surface area contributed by atoms with Crippen molar-refractivity contribution in [2.75, 3.05) is 13.2 Å². The van der Waals surface area contributed by atoms with Gasteiger partial charge >= 0.3 is 5.97 Å². The molecule has 24 heavy (non-hydrogen) atoms. The molecule has 128 valence electrons. The SMILES string of the molecule is CC(C)c1occc1C(=O)NCCc1ccc(OCC(=O)O)cc1. The molecule has 2 aromatic rings. The summed E-state index contributed by atoms with van der Waals surface area (Å²) < 4.78 is 10.4. The molecule has 0 bridgehead atoms. The predicted octanol–water partition coefficient (Wildman–Crippen LogP) is 2.84. The van der Waals surface area contributed by atoms with E-state index in [4.69, 9.17) is 14.3 Å². The van der Waals surface area contributed by atoms with Gasteiger partial charge in [-0.3, -0.25) is 4.79 Å². The molecule has 0 atom stereocenters. The van der Waals surface area contributed by atoms with Gasteiger partial charge in [0, 0.05) is 12.5 Å². The Morgan fingerprint density at radius 1 is 1.21 bits per heavy atom. The molecule has 0 unspecified atom stereocenters. The summed E-state index contributed by atoms with van der Waals surface area (Å²) in [7, 11) is 0. The largest absolute Gasteiger partial charge is 0.482 e. The summed E-state index contributed by atoms with van der Waals surface area (Å²) in [4.78, 5) is 22.6. The van der Waals surface area contributed by atoms with E-state index in [0.717, 1.165) is 5.56 Å². The number of aliphatic carboxylic acids is 1. The maximum absolute atomic E-state index is 12.2. The Bertz CT molecular complexity index is 688. The topological polar surface area (TPSA) is 88.8 Å². The summed E-state index contributed by atoms with van der Waals surface area (Å²) in [6.45, 7) is 4.09. The third kappa shape index (κ3) is 4.87. The van der Waals surface area contributed by atoms with E-state index in [0.29, 0.717) is 30.0 Å². The lowest BCUT2D eigenvalue weighted by Gasteiger charge is -2.08. The number of furan rings is 1. The van der Waals surface area contributed by atoms with E-state index < -0.39 is 5.97 Å². The molecule has 0 aliphatic heterocycles. The lowest BCUT2D eigenvalue weighted by molar-refractivity contribution is -0.139. The zero-order valence-corrected chi connectivity index (χ0v) is 13.7. The first-order valence-corrected chi connectivity index (χ1v) is 7.76. The van der Waals surface area contributed by atoms with Gasteiger partial charge in [0.1, 0.15) is 11.5 Å². The van der Waals surface area contributed by atoms with Crippen molar-refractivity contribution in [2.24, 2.45) is 0 Å². The van der Waals surface area contributed by atoms with Gasteiger partial charge in [0.05, 0.1) is 11.8 Å². The van der Waals surface area contributed by atoms with E-state index in [9.17, 15) is 9.59 Å². The number of hydrogen-bond donors (Lipinski definition) is 2. The maximum atomic E-state index is 12.2. The van der Waals surface area contributed by atoms with Gasteiger partial charge in [-0.2, -0.15) is 0 Å². The number of carboxylic acid groups (broad SMARTS) is 1. The van der Waals surface area contributed by atoms with Crippen LogP contribution in [0, 0.1) is 0 Å². The molecule has 1 amide bonds. The fraction of sp³-hybridized carbons (Fsp3) is 0.333. The van der Waals surface area contributed by atoms with Crippen LogP contribution < -0.4 is 10.1 Å². The molecule has 1 aromatic carbocycles. The molecule has 6 nitrogen and oxygen atoms in total. The highest BCUT2D eigenvalue weighted by Crippen LogP contribution is 2.20. The molecule has 2 N–H and O–H groups in total. The minimum atomic E-state index is -1.01. The highest BCUT2D eigenvalue weighted by Gasteiger charge is 2.16. The van der Waals surface area contributed by atoms with E-state index in [1.165, 1.54) is 6.26 Å². The van der Waals surface area contributed by atoms with Crippen molar-refractivity contribution >= 4 is 11.9 Å². The van der Waals surface area contributed by atoms with Crippen molar-refractivity contribution in [3.05, 3.63) is 53.5 Å². The number of carbonyl (C=O) groups excluding carboxylic acids is 1. The van der Waals surface area contributed by atoms with Crippen molar-refractivity contribution in [3.8, 4) is 5.75 Å². The first-order valence-electron chi connectivity index (χ1n) is 7.76. The normalized spacial score (nSPS) is 10.6. The molecule has 0 aliphatic rings. The lowest BCUT2D eigenvalue weighted by atomic mass is 10.1. The van der Waals surface area contributed by atoms with Gasteiger partial charge in [0.2, 0.25) is 0 Å². The van der Waals surface area contributed by atoms with Gasteiger partial charge in [-0.1, -0.05) is 26.0 Å². The van der Waals surface area contributed by atoms with Crippen molar-refractivity contribution < 1.29 is 23.8 Å². The zero-order valence-electron chi connectivity index (χ0n) is 13.7. The van der Waals surface area contributed by atoms with Gasteiger partial charge in [0.15, 0.2) is 6.61 Å². The molecule has 0 fully saturated rings. The number of nitrogens with one attached hydrogen (secondary N) is 1. The Hall–Kier alpha value is -2.76. The number of hydrogen-bond acceptors (Lipinski definition) is 4. The van der Waals surface area contributed by atoms with Crippen LogP contribution in [0.4, 0.5) is 0 Å². The molecular weight excluding hydrogens is 310 g/mol. The molecule has 0 saturated carbocycles. The van der Waals surface area contributed by atoms with Crippen LogP contribution >= 0.6 is 0 Å². The van der Waals surface area contributed by atoms with Gasteiger partial charge < -0.3 is 19.6 Å². The summed E-state index contributed by atoms with van der Waals surface area (Å²) in [6.07, 6.45) is 2.19. The number of carboxylic acids is 1. The molecule has 6 heteroatoms. The Kier molecular flexibility index (Phi) is 6.01. The van der Waals surface area contributed by atoms with Crippen LogP contribution in [-0.2, 0) is 11.2 Å². The van der Waals surface area contributed by atoms with Crippen LogP contribution in [0.2, 0.25) is 0 Å². The highest BCUT2D eigenvalue weighted by atomic mass is 16.5. The van der Waals surface area contributed by atoms with Gasteiger partial charge in [-0.25, -0.2) is 4.79 Å². The highest BCUT2D eigenvalue weighted by molar-refractivity contribution is 5.95. The van der Waals surface area contributed by atoms with E-state index >= 15 is 0 Å². The standard InChI is InChI=1S/C18H21NO5/c1-12(2)17-15(8-10-23-17)18(22)19-9-7-13-3-5-14(6-4-13)24-11-16(20)21/h3-6,8,10,12H,7,9,11H2,1-2H3,(H,19,22)(H,20,21). The van der Waals surface area contributed by atoms with E-state index in [1.54, 1.807) is 18.2 Å². The number of amides is 1. The number of ether oxygens (including phenoxy) is 1. The molecule has 0 aliphatic carbocycles. The van der Waals surface area contributed by atoms with Gasteiger partial charge in [0.25, 0.3) is 5.91 Å². The van der Waals surface area contributed by atoms with E-state index in [-0.39, 0.29) is 18.4 Å². The van der Waals surface area contributed by atoms with Gasteiger partial charge in [-0.05, 0) is 30.2 Å². The van der Waals surface area contributed by atoms with Crippen LogP contribution in [0.25, 0.3) is 0 Å². The minimum Gasteiger partial charge on any atom is -0.482 e. The monoisotopic (exact) mass is 331 g/mol. The van der Waals surface area contributed by atoms with Crippen molar-refractivity contribution in [2.45, 2.75) is 26.2 Å². The summed E-state index contributed by atoms with van der Waals surface area (Å²) >= 11 is 0. The molecule has 0 radical (unpaired) electrons. The number of rotatable bonds is 8. The third-order valence-corrected chi connectivity index (χ3v) is 3.45. The zero-order chi connectivity index (χ0) is 17.5. The summed E-state index contributed by atoms with van der Waals surface area (Å²) in [5.74, 6) is 0.187. The Morgan fingerprint density at radius 3 is 2.54 bits per heavy atom. The summed E-state index contributed by atoms with van der Waals surface area (Å²) in [5, 5.41) is 11.4. The molecule has 1 aromatic heterocycles. The average molecular weight is 331 g/mol. The van der Waals surface area contributed by atoms with Gasteiger partial charge in [-0.15, -0.1) is 0 Å². The molecule has 2 rings (SSSR count). The van der Waals surface area contributed by atoms with E-state index in [2.05, 4.69) is 5.32 Å². The van der Waals surface area contributed by atoms with Crippen LogP contribution in [0.5, 0.6) is 5.75 Å². The minimum absolute atomic E-state index is 0.145. The second-order valence-corrected chi connectivity index (χ2v) is 5.69. The predicted molar refractivity (Wildman–Crippen MR) is 88.4 cm³/mol.